The van der Waals surface area contributed by atoms with Crippen molar-refractivity contribution in [1.82, 2.24) is 29.5 Å². The summed E-state index contributed by atoms with van der Waals surface area (Å²) in [6.45, 7) is 9.92. The average molecular weight is 352 g/mol. The van der Waals surface area contributed by atoms with Crippen LogP contribution in [0.15, 0.2) is 24.3 Å². The van der Waals surface area contributed by atoms with Crippen LogP contribution in [0.4, 0.5) is 0 Å². The summed E-state index contributed by atoms with van der Waals surface area (Å²) in [7, 11) is 0. The fraction of sp³-hybridized carbons (Fsp3) is 0.500. The number of hydrogen-bond acceptors (Lipinski definition) is 4. The van der Waals surface area contributed by atoms with E-state index in [1.165, 1.54) is 11.1 Å². The minimum Gasteiger partial charge on any atom is -0.245 e. The van der Waals surface area contributed by atoms with Gasteiger partial charge in [0.25, 0.3) is 0 Å². The molecular weight excluding hydrogens is 324 g/mol. The molecule has 2 heterocycles. The number of rotatable bonds is 8. The molecule has 1 aromatic carbocycles. The van der Waals surface area contributed by atoms with Gasteiger partial charge in [-0.15, -0.1) is 0 Å². The SMILES string of the molecule is CCc1nc(CC)n(Cc2ccccc2Cn2nc(CC)nc2CC)n1. The van der Waals surface area contributed by atoms with Crippen LogP contribution >= 0.6 is 0 Å². The monoisotopic (exact) mass is 352 g/mol. The molecule has 6 heteroatoms. The molecule has 2 aromatic heterocycles. The molecule has 3 rings (SSSR count). The predicted octanol–water partition coefficient (Wildman–Crippen LogP) is 3.22. The van der Waals surface area contributed by atoms with E-state index in [1.807, 2.05) is 9.36 Å². The summed E-state index contributed by atoms with van der Waals surface area (Å²) in [6, 6.07) is 8.51. The Hall–Kier alpha value is -2.50. The highest BCUT2D eigenvalue weighted by Crippen LogP contribution is 2.15. The van der Waals surface area contributed by atoms with E-state index in [0.717, 1.165) is 62.1 Å². The Balaban J connectivity index is 1.89. The normalized spacial score (nSPS) is 11.2. The van der Waals surface area contributed by atoms with Crippen molar-refractivity contribution in [2.45, 2.75) is 66.5 Å². The highest BCUT2D eigenvalue weighted by molar-refractivity contribution is 5.28. The molecule has 26 heavy (non-hydrogen) atoms. The summed E-state index contributed by atoms with van der Waals surface area (Å²) < 4.78 is 4.08. The third-order valence-corrected chi connectivity index (χ3v) is 4.61. The maximum atomic E-state index is 4.66. The lowest BCUT2D eigenvalue weighted by atomic mass is 10.1. The van der Waals surface area contributed by atoms with Gasteiger partial charge in [-0.2, -0.15) is 10.2 Å². The van der Waals surface area contributed by atoms with Crippen LogP contribution in [0.2, 0.25) is 0 Å². The molecule has 6 nitrogen and oxygen atoms in total. The minimum atomic E-state index is 0.739. The first-order valence-corrected chi connectivity index (χ1v) is 9.60. The van der Waals surface area contributed by atoms with E-state index in [9.17, 15) is 0 Å². The first kappa shape index (κ1) is 18.3. The third kappa shape index (κ3) is 3.84. The molecule has 0 atom stereocenters. The van der Waals surface area contributed by atoms with Gasteiger partial charge < -0.3 is 0 Å². The highest BCUT2D eigenvalue weighted by atomic mass is 15.4. The van der Waals surface area contributed by atoms with Crippen LogP contribution < -0.4 is 0 Å². The maximum Gasteiger partial charge on any atom is 0.150 e. The zero-order valence-electron chi connectivity index (χ0n) is 16.2. The van der Waals surface area contributed by atoms with Crippen LogP contribution in [-0.2, 0) is 38.8 Å². The summed E-state index contributed by atoms with van der Waals surface area (Å²) in [4.78, 5) is 9.25. The van der Waals surface area contributed by atoms with Gasteiger partial charge in [-0.1, -0.05) is 52.0 Å². The zero-order chi connectivity index (χ0) is 18.5. The van der Waals surface area contributed by atoms with Crippen LogP contribution in [0.3, 0.4) is 0 Å². The molecule has 0 saturated heterocycles. The van der Waals surface area contributed by atoms with E-state index in [4.69, 9.17) is 0 Å². The lowest BCUT2D eigenvalue weighted by molar-refractivity contribution is 0.609. The summed E-state index contributed by atoms with van der Waals surface area (Å²) in [5.74, 6) is 3.91. The topological polar surface area (TPSA) is 61.4 Å². The average Bonchev–Trinajstić information content (AvgIpc) is 3.26. The molecule has 0 aliphatic carbocycles. The molecule has 0 spiro atoms. The minimum absolute atomic E-state index is 0.739. The van der Waals surface area contributed by atoms with Crippen molar-refractivity contribution in [2.24, 2.45) is 0 Å². The second-order valence-corrected chi connectivity index (χ2v) is 6.39. The standard InChI is InChI=1S/C20H28N6/c1-5-17-21-19(7-3)25(23-17)13-15-11-9-10-12-16(15)14-26-20(8-4)22-18(6-2)24-26/h9-12H,5-8,13-14H2,1-4H3. The highest BCUT2D eigenvalue weighted by Gasteiger charge is 2.12. The molecule has 0 radical (unpaired) electrons. The van der Waals surface area contributed by atoms with Crippen molar-refractivity contribution >= 4 is 0 Å². The molecule has 138 valence electrons. The zero-order valence-corrected chi connectivity index (χ0v) is 16.2. The molecule has 0 fully saturated rings. The van der Waals surface area contributed by atoms with Crippen molar-refractivity contribution in [3.05, 3.63) is 58.7 Å². The summed E-state index contributed by atoms with van der Waals surface area (Å²) in [5, 5.41) is 9.33. The van der Waals surface area contributed by atoms with E-state index in [2.05, 4.69) is 72.1 Å². The summed E-state index contributed by atoms with van der Waals surface area (Å²) in [5.41, 5.74) is 2.51. The number of benzene rings is 1. The van der Waals surface area contributed by atoms with Crippen molar-refractivity contribution < 1.29 is 0 Å². The molecule has 0 unspecified atom stereocenters. The Kier molecular flexibility index (Phi) is 5.81. The molecule has 0 bridgehead atoms. The number of hydrogen-bond donors (Lipinski definition) is 0. The number of nitrogens with zero attached hydrogens (tertiary/aromatic N) is 6. The fourth-order valence-electron chi connectivity index (χ4n) is 3.12. The smallest absolute Gasteiger partial charge is 0.150 e. The van der Waals surface area contributed by atoms with Crippen molar-refractivity contribution in [1.29, 1.82) is 0 Å². The van der Waals surface area contributed by atoms with Crippen molar-refractivity contribution in [2.75, 3.05) is 0 Å². The first-order valence-electron chi connectivity index (χ1n) is 9.60. The van der Waals surface area contributed by atoms with E-state index < -0.39 is 0 Å². The Labute approximate surface area is 155 Å². The molecule has 0 N–H and O–H groups in total. The van der Waals surface area contributed by atoms with E-state index in [1.54, 1.807) is 0 Å². The summed E-state index contributed by atoms with van der Waals surface area (Å²) in [6.07, 6.45) is 3.50. The molecule has 0 aliphatic heterocycles. The lowest BCUT2D eigenvalue weighted by Crippen LogP contribution is -2.12. The van der Waals surface area contributed by atoms with Gasteiger partial charge in [-0.3, -0.25) is 0 Å². The Morgan fingerprint density at radius 3 is 1.42 bits per heavy atom. The molecular formula is C20H28N6. The van der Waals surface area contributed by atoms with Gasteiger partial charge in [0, 0.05) is 25.7 Å². The first-order chi connectivity index (χ1) is 12.7. The van der Waals surface area contributed by atoms with Crippen LogP contribution in [-0.4, -0.2) is 29.5 Å². The number of aryl methyl sites for hydroxylation is 4. The van der Waals surface area contributed by atoms with Crippen LogP contribution in [0, 0.1) is 0 Å². The Bertz CT molecular complexity index is 790. The predicted molar refractivity (Wildman–Crippen MR) is 102 cm³/mol. The van der Waals surface area contributed by atoms with Crippen LogP contribution in [0.1, 0.15) is 62.1 Å². The molecule has 0 aliphatic rings. The van der Waals surface area contributed by atoms with E-state index in [-0.39, 0.29) is 0 Å². The molecule has 3 aromatic rings. The Morgan fingerprint density at radius 1 is 0.654 bits per heavy atom. The third-order valence-electron chi connectivity index (χ3n) is 4.61. The fourth-order valence-corrected chi connectivity index (χ4v) is 3.12. The second-order valence-electron chi connectivity index (χ2n) is 6.39. The largest absolute Gasteiger partial charge is 0.245 e. The maximum absolute atomic E-state index is 4.66. The van der Waals surface area contributed by atoms with Gasteiger partial charge in [-0.25, -0.2) is 19.3 Å². The van der Waals surface area contributed by atoms with Gasteiger partial charge in [0.05, 0.1) is 13.1 Å². The Morgan fingerprint density at radius 2 is 1.08 bits per heavy atom. The summed E-state index contributed by atoms with van der Waals surface area (Å²) >= 11 is 0. The second kappa shape index (κ2) is 8.25. The van der Waals surface area contributed by atoms with Gasteiger partial charge in [0.15, 0.2) is 11.6 Å². The van der Waals surface area contributed by atoms with Gasteiger partial charge in [0.2, 0.25) is 0 Å². The van der Waals surface area contributed by atoms with Crippen molar-refractivity contribution in [3.63, 3.8) is 0 Å². The van der Waals surface area contributed by atoms with Crippen molar-refractivity contribution in [3.8, 4) is 0 Å². The lowest BCUT2D eigenvalue weighted by Gasteiger charge is -2.12. The quantitative estimate of drug-likeness (QED) is 0.624. The molecule has 0 saturated carbocycles. The molecule has 0 amide bonds. The van der Waals surface area contributed by atoms with Crippen LogP contribution in [0.5, 0.6) is 0 Å². The van der Waals surface area contributed by atoms with Gasteiger partial charge in [-0.05, 0) is 11.1 Å². The van der Waals surface area contributed by atoms with E-state index >= 15 is 0 Å². The van der Waals surface area contributed by atoms with Crippen LogP contribution in [0.25, 0.3) is 0 Å². The number of aromatic nitrogens is 6. The van der Waals surface area contributed by atoms with E-state index in [0.29, 0.717) is 0 Å². The van der Waals surface area contributed by atoms with Gasteiger partial charge in [0.1, 0.15) is 11.6 Å². The van der Waals surface area contributed by atoms with Gasteiger partial charge >= 0.3 is 0 Å².